The van der Waals surface area contributed by atoms with E-state index in [0.29, 0.717) is 6.61 Å². The fourth-order valence-corrected chi connectivity index (χ4v) is 4.78. The minimum Gasteiger partial charge on any atom is -0.364 e. The highest BCUT2D eigenvalue weighted by Crippen LogP contribution is 2.38. The molecule has 1 aromatic heterocycles. The molecule has 1 aliphatic carbocycles. The van der Waals surface area contributed by atoms with Crippen LogP contribution in [0.1, 0.15) is 25.1 Å². The average molecular weight is 360 g/mol. The van der Waals surface area contributed by atoms with Crippen molar-refractivity contribution >= 4 is 10.8 Å². The lowest BCUT2D eigenvalue weighted by Gasteiger charge is -2.34. The molecule has 3 heterocycles. The first-order valence-electron chi connectivity index (χ1n) is 10.1. The summed E-state index contributed by atoms with van der Waals surface area (Å²) >= 11 is 0. The van der Waals surface area contributed by atoms with E-state index in [9.17, 15) is 0 Å². The first-order valence-corrected chi connectivity index (χ1v) is 10.1. The number of aromatic nitrogens is 3. The minimum atomic E-state index is -0.0798. The van der Waals surface area contributed by atoms with Crippen LogP contribution in [0.5, 0.6) is 0 Å². The maximum Gasteiger partial charge on any atom is 0.164 e. The Hall–Kier alpha value is -2.24. The number of fused-ring (bicyclic) bond motifs is 2. The van der Waals surface area contributed by atoms with Crippen molar-refractivity contribution in [3.05, 3.63) is 48.3 Å². The Bertz CT molecular complexity index is 1000. The second kappa shape index (κ2) is 5.88. The van der Waals surface area contributed by atoms with Gasteiger partial charge in [-0.15, -0.1) is 10.2 Å². The zero-order chi connectivity index (χ0) is 17.8. The molecule has 2 fully saturated rings. The number of hydrogen-bond acceptors (Lipinski definition) is 4. The maximum atomic E-state index is 6.36. The highest BCUT2D eigenvalue weighted by Gasteiger charge is 2.44. The summed E-state index contributed by atoms with van der Waals surface area (Å²) in [4.78, 5) is 2.60. The molecule has 5 nitrogen and oxygen atoms in total. The van der Waals surface area contributed by atoms with Gasteiger partial charge in [0.1, 0.15) is 12.2 Å². The molecule has 1 saturated heterocycles. The Labute approximate surface area is 159 Å². The van der Waals surface area contributed by atoms with Gasteiger partial charge in [0.2, 0.25) is 0 Å². The molecule has 0 amide bonds. The van der Waals surface area contributed by atoms with E-state index in [-0.39, 0.29) is 5.60 Å². The van der Waals surface area contributed by atoms with Gasteiger partial charge in [0.15, 0.2) is 11.6 Å². The van der Waals surface area contributed by atoms with E-state index in [2.05, 4.69) is 62.1 Å². The molecular formula is C22H24N4O. The summed E-state index contributed by atoms with van der Waals surface area (Å²) in [6, 6.07) is 14.9. The van der Waals surface area contributed by atoms with Gasteiger partial charge in [-0.1, -0.05) is 42.5 Å². The number of nitrogens with zero attached hydrogens (tertiary/aromatic N) is 4. The van der Waals surface area contributed by atoms with Crippen molar-refractivity contribution in [2.45, 2.75) is 38.0 Å². The van der Waals surface area contributed by atoms with Crippen LogP contribution in [-0.4, -0.2) is 44.9 Å². The number of likely N-dealkylation sites (tertiary alicyclic amines) is 1. The number of hydrogen-bond donors (Lipinski definition) is 0. The Balaban J connectivity index is 1.36. The van der Waals surface area contributed by atoms with Crippen LogP contribution in [0.25, 0.3) is 22.2 Å². The lowest BCUT2D eigenvalue weighted by atomic mass is 10.0. The summed E-state index contributed by atoms with van der Waals surface area (Å²) in [5, 5.41) is 11.5. The molecule has 0 bridgehead atoms. The van der Waals surface area contributed by atoms with Crippen LogP contribution in [0.15, 0.2) is 42.5 Å². The minimum absolute atomic E-state index is 0.0798. The lowest BCUT2D eigenvalue weighted by Crippen LogP contribution is -2.44. The van der Waals surface area contributed by atoms with Gasteiger partial charge in [-0.05, 0) is 36.0 Å². The van der Waals surface area contributed by atoms with E-state index >= 15 is 0 Å². The smallest absolute Gasteiger partial charge is 0.164 e. The van der Waals surface area contributed by atoms with Crippen LogP contribution >= 0.6 is 0 Å². The van der Waals surface area contributed by atoms with Crippen LogP contribution < -0.4 is 0 Å². The molecule has 1 unspecified atom stereocenters. The molecule has 5 heteroatoms. The van der Waals surface area contributed by atoms with Gasteiger partial charge in [-0.25, -0.2) is 0 Å². The average Bonchev–Trinajstić information content (AvgIpc) is 3.30. The van der Waals surface area contributed by atoms with Crippen LogP contribution in [0.3, 0.4) is 0 Å². The Morgan fingerprint density at radius 3 is 2.85 bits per heavy atom. The SMILES string of the molecule is c1ccc2c(-c3nnc4n3CC3(CCN(CC5CC5)C3)OC4)cccc2c1. The van der Waals surface area contributed by atoms with Crippen molar-refractivity contribution in [3.63, 3.8) is 0 Å². The summed E-state index contributed by atoms with van der Waals surface area (Å²) < 4.78 is 8.67. The number of rotatable bonds is 3. The molecule has 3 aromatic rings. The summed E-state index contributed by atoms with van der Waals surface area (Å²) in [5.74, 6) is 2.86. The van der Waals surface area contributed by atoms with Crippen LogP contribution in [-0.2, 0) is 17.9 Å². The molecule has 2 aromatic carbocycles. The van der Waals surface area contributed by atoms with E-state index in [0.717, 1.165) is 49.2 Å². The van der Waals surface area contributed by atoms with Gasteiger partial charge >= 0.3 is 0 Å². The Kier molecular flexibility index (Phi) is 3.44. The molecule has 1 atom stereocenters. The van der Waals surface area contributed by atoms with E-state index in [4.69, 9.17) is 4.74 Å². The normalized spacial score (nSPS) is 25.3. The first kappa shape index (κ1) is 15.8. The van der Waals surface area contributed by atoms with Crippen molar-refractivity contribution in [2.24, 2.45) is 5.92 Å². The highest BCUT2D eigenvalue weighted by molar-refractivity contribution is 5.95. The molecule has 0 N–H and O–H groups in total. The van der Waals surface area contributed by atoms with Crippen molar-refractivity contribution in [3.8, 4) is 11.4 Å². The van der Waals surface area contributed by atoms with Gasteiger partial charge in [0, 0.05) is 25.2 Å². The third-order valence-corrected chi connectivity index (χ3v) is 6.42. The molecule has 1 spiro atoms. The summed E-state index contributed by atoms with van der Waals surface area (Å²) in [6.07, 6.45) is 3.92. The van der Waals surface area contributed by atoms with E-state index in [1.807, 2.05) is 0 Å². The molecule has 3 aliphatic rings. The molecule has 6 rings (SSSR count). The van der Waals surface area contributed by atoms with Gasteiger partial charge in [-0.2, -0.15) is 0 Å². The predicted molar refractivity (Wildman–Crippen MR) is 104 cm³/mol. The monoisotopic (exact) mass is 360 g/mol. The standard InChI is InChI=1S/C22H24N4O/c1-2-6-18-17(4-1)5-3-7-19(18)21-24-23-20-13-27-22(15-26(20)21)10-11-25(14-22)12-16-8-9-16/h1-7,16H,8-15H2. The quantitative estimate of drug-likeness (QED) is 0.717. The molecule has 2 aliphatic heterocycles. The second-order valence-corrected chi connectivity index (χ2v) is 8.45. The maximum absolute atomic E-state index is 6.36. The molecule has 138 valence electrons. The summed E-state index contributed by atoms with van der Waals surface area (Å²) in [5.41, 5.74) is 1.08. The molecule has 27 heavy (non-hydrogen) atoms. The Morgan fingerprint density at radius 2 is 1.93 bits per heavy atom. The zero-order valence-corrected chi connectivity index (χ0v) is 15.5. The molecule has 0 radical (unpaired) electrons. The van der Waals surface area contributed by atoms with E-state index < -0.39 is 0 Å². The van der Waals surface area contributed by atoms with Gasteiger partial charge in [-0.3, -0.25) is 0 Å². The fraction of sp³-hybridized carbons (Fsp3) is 0.455. The number of ether oxygens (including phenoxy) is 1. The highest BCUT2D eigenvalue weighted by atomic mass is 16.5. The van der Waals surface area contributed by atoms with Crippen molar-refractivity contribution in [1.29, 1.82) is 0 Å². The van der Waals surface area contributed by atoms with E-state index in [1.54, 1.807) is 0 Å². The van der Waals surface area contributed by atoms with Crippen molar-refractivity contribution in [2.75, 3.05) is 19.6 Å². The summed E-state index contributed by atoms with van der Waals surface area (Å²) in [6.45, 7) is 4.86. The predicted octanol–water partition coefficient (Wildman–Crippen LogP) is 3.48. The van der Waals surface area contributed by atoms with Crippen LogP contribution in [0, 0.1) is 5.92 Å². The largest absolute Gasteiger partial charge is 0.364 e. The van der Waals surface area contributed by atoms with Crippen molar-refractivity contribution in [1.82, 2.24) is 19.7 Å². The fourth-order valence-electron chi connectivity index (χ4n) is 4.78. The second-order valence-electron chi connectivity index (χ2n) is 8.45. The van der Waals surface area contributed by atoms with Crippen LogP contribution in [0.4, 0.5) is 0 Å². The topological polar surface area (TPSA) is 43.2 Å². The van der Waals surface area contributed by atoms with Gasteiger partial charge < -0.3 is 14.2 Å². The molecular weight excluding hydrogens is 336 g/mol. The third-order valence-electron chi connectivity index (χ3n) is 6.42. The van der Waals surface area contributed by atoms with Crippen molar-refractivity contribution < 1.29 is 4.74 Å². The number of benzene rings is 2. The third kappa shape index (κ3) is 2.68. The van der Waals surface area contributed by atoms with E-state index in [1.165, 1.54) is 30.2 Å². The lowest BCUT2D eigenvalue weighted by molar-refractivity contribution is -0.0819. The van der Waals surface area contributed by atoms with Crippen LogP contribution in [0.2, 0.25) is 0 Å². The summed E-state index contributed by atoms with van der Waals surface area (Å²) in [7, 11) is 0. The van der Waals surface area contributed by atoms with Gasteiger partial charge in [0.25, 0.3) is 0 Å². The van der Waals surface area contributed by atoms with Gasteiger partial charge in [0.05, 0.1) is 6.54 Å². The first-order chi connectivity index (χ1) is 13.3. The zero-order valence-electron chi connectivity index (χ0n) is 15.5. The Morgan fingerprint density at radius 1 is 1.04 bits per heavy atom. The molecule has 1 saturated carbocycles.